The van der Waals surface area contributed by atoms with E-state index < -0.39 is 33.9 Å². The van der Waals surface area contributed by atoms with Gasteiger partial charge in [-0.2, -0.15) is 8.42 Å². The average molecular weight is 278 g/mol. The summed E-state index contributed by atoms with van der Waals surface area (Å²) >= 11 is 0. The standard InChI is InChI=1S/C9H14N2O6S/c1-2-6-9(10,17-18(14,15)16-6)7(12)8(13)11-5-3-4-5/h5-6H,2-4,10H2,1H3,(H,11,13)/t6?,9-/m0/s1. The lowest BCUT2D eigenvalue weighted by molar-refractivity contribution is -0.149. The number of nitrogens with two attached hydrogens (primary N) is 1. The van der Waals surface area contributed by atoms with Crippen molar-refractivity contribution in [1.29, 1.82) is 0 Å². The van der Waals surface area contributed by atoms with Crippen molar-refractivity contribution in [2.45, 2.75) is 44.1 Å². The fourth-order valence-electron chi connectivity index (χ4n) is 1.67. The summed E-state index contributed by atoms with van der Waals surface area (Å²) in [4.78, 5) is 23.5. The van der Waals surface area contributed by atoms with E-state index in [2.05, 4.69) is 13.7 Å². The number of carbonyl (C=O) groups excluding carboxylic acids is 2. The van der Waals surface area contributed by atoms with Crippen molar-refractivity contribution >= 4 is 22.1 Å². The van der Waals surface area contributed by atoms with Crippen molar-refractivity contribution in [2.24, 2.45) is 5.73 Å². The number of amides is 1. The molecule has 3 N–H and O–H groups in total. The molecule has 1 heterocycles. The third-order valence-corrected chi connectivity index (χ3v) is 3.74. The molecule has 102 valence electrons. The van der Waals surface area contributed by atoms with Gasteiger partial charge in [-0.15, -0.1) is 0 Å². The molecule has 0 aromatic carbocycles. The van der Waals surface area contributed by atoms with Gasteiger partial charge in [0.2, 0.25) is 5.72 Å². The smallest absolute Gasteiger partial charge is 0.347 e. The Kier molecular flexibility index (Phi) is 3.18. The summed E-state index contributed by atoms with van der Waals surface area (Å²) in [6, 6.07) is -0.0379. The first-order valence-electron chi connectivity index (χ1n) is 5.56. The highest BCUT2D eigenvalue weighted by atomic mass is 32.3. The molecule has 9 heteroatoms. The van der Waals surface area contributed by atoms with E-state index >= 15 is 0 Å². The second-order valence-electron chi connectivity index (χ2n) is 4.35. The summed E-state index contributed by atoms with van der Waals surface area (Å²) in [6.45, 7) is 1.57. The molecule has 0 spiro atoms. The third kappa shape index (κ3) is 2.39. The van der Waals surface area contributed by atoms with Gasteiger partial charge >= 0.3 is 10.4 Å². The highest BCUT2D eigenvalue weighted by molar-refractivity contribution is 7.82. The lowest BCUT2D eigenvalue weighted by Crippen LogP contribution is -2.60. The van der Waals surface area contributed by atoms with Gasteiger partial charge < -0.3 is 5.32 Å². The van der Waals surface area contributed by atoms with Gasteiger partial charge in [0.15, 0.2) is 0 Å². The number of nitrogens with one attached hydrogen (secondary N) is 1. The monoisotopic (exact) mass is 278 g/mol. The van der Waals surface area contributed by atoms with Crippen molar-refractivity contribution in [3.8, 4) is 0 Å². The number of rotatable bonds is 4. The maximum atomic E-state index is 11.9. The number of carbonyl (C=O) groups is 2. The molecule has 0 bridgehead atoms. The molecule has 2 atom stereocenters. The van der Waals surface area contributed by atoms with Crippen LogP contribution in [-0.2, 0) is 28.4 Å². The van der Waals surface area contributed by atoms with Crippen LogP contribution in [0.15, 0.2) is 0 Å². The predicted octanol–water partition coefficient (Wildman–Crippen LogP) is -1.44. The van der Waals surface area contributed by atoms with Crippen LogP contribution in [0.25, 0.3) is 0 Å². The average Bonchev–Trinajstić information content (AvgIpc) is 3.03. The van der Waals surface area contributed by atoms with E-state index in [9.17, 15) is 18.0 Å². The molecule has 8 nitrogen and oxygen atoms in total. The first-order valence-corrected chi connectivity index (χ1v) is 6.90. The molecule has 1 aliphatic heterocycles. The van der Waals surface area contributed by atoms with Gasteiger partial charge in [-0.25, -0.2) is 8.37 Å². The van der Waals surface area contributed by atoms with Crippen LogP contribution in [-0.4, -0.2) is 38.0 Å². The molecule has 0 aromatic heterocycles. The Labute approximate surface area is 104 Å². The van der Waals surface area contributed by atoms with Crippen LogP contribution >= 0.6 is 0 Å². The normalized spacial score (nSPS) is 34.2. The van der Waals surface area contributed by atoms with Crippen LogP contribution in [0.2, 0.25) is 0 Å². The third-order valence-electron chi connectivity index (χ3n) is 2.80. The topological polar surface area (TPSA) is 125 Å². The minimum absolute atomic E-state index is 0.0379. The van der Waals surface area contributed by atoms with Crippen LogP contribution in [0.4, 0.5) is 0 Å². The number of hydrogen-bond acceptors (Lipinski definition) is 7. The number of ketones is 1. The maximum absolute atomic E-state index is 11.9. The molecule has 18 heavy (non-hydrogen) atoms. The fraction of sp³-hybridized carbons (Fsp3) is 0.778. The minimum Gasteiger partial charge on any atom is -0.347 e. The summed E-state index contributed by atoms with van der Waals surface area (Å²) in [5.74, 6) is -2.08. The van der Waals surface area contributed by atoms with E-state index in [0.717, 1.165) is 12.8 Å². The van der Waals surface area contributed by atoms with E-state index in [1.807, 2.05) is 0 Å². The highest BCUT2D eigenvalue weighted by Crippen LogP contribution is 2.30. The molecular formula is C9H14N2O6S. The lowest BCUT2D eigenvalue weighted by Gasteiger charge is -2.22. The Balaban J connectivity index is 2.18. The first kappa shape index (κ1) is 13.4. The molecule has 1 unspecified atom stereocenters. The summed E-state index contributed by atoms with van der Waals surface area (Å²) < 4.78 is 31.3. The van der Waals surface area contributed by atoms with Gasteiger partial charge in [0, 0.05) is 6.04 Å². The molecule has 0 radical (unpaired) electrons. The van der Waals surface area contributed by atoms with Crippen molar-refractivity contribution in [3.05, 3.63) is 0 Å². The van der Waals surface area contributed by atoms with Crippen LogP contribution in [0, 0.1) is 0 Å². The zero-order valence-corrected chi connectivity index (χ0v) is 10.5. The Morgan fingerprint density at radius 1 is 1.44 bits per heavy atom. The molecule has 2 rings (SSSR count). The van der Waals surface area contributed by atoms with Crippen molar-refractivity contribution in [3.63, 3.8) is 0 Å². The van der Waals surface area contributed by atoms with Crippen molar-refractivity contribution in [2.75, 3.05) is 0 Å². The van der Waals surface area contributed by atoms with Crippen molar-refractivity contribution in [1.82, 2.24) is 5.32 Å². The van der Waals surface area contributed by atoms with Crippen LogP contribution in [0.5, 0.6) is 0 Å². The molecule has 1 saturated carbocycles. The first-order chi connectivity index (χ1) is 8.28. The van der Waals surface area contributed by atoms with Gasteiger partial charge in [0.1, 0.15) is 6.10 Å². The van der Waals surface area contributed by atoms with Gasteiger partial charge in [0.05, 0.1) is 0 Å². The molecule has 2 fully saturated rings. The van der Waals surface area contributed by atoms with E-state index in [-0.39, 0.29) is 12.5 Å². The largest absolute Gasteiger partial charge is 0.402 e. The van der Waals surface area contributed by atoms with Crippen LogP contribution in [0.3, 0.4) is 0 Å². The Bertz CT molecular complexity index is 485. The van der Waals surface area contributed by atoms with Gasteiger partial charge in [-0.1, -0.05) is 6.92 Å². The van der Waals surface area contributed by atoms with Gasteiger partial charge in [0.25, 0.3) is 11.7 Å². The summed E-state index contributed by atoms with van der Waals surface area (Å²) in [5, 5.41) is 2.43. The highest BCUT2D eigenvalue weighted by Gasteiger charge is 2.57. The Hall–Kier alpha value is -1.03. The molecule has 1 amide bonds. The van der Waals surface area contributed by atoms with E-state index in [1.165, 1.54) is 0 Å². The molecule has 2 aliphatic rings. The number of Topliss-reactive ketones (excluding diaryl/α,β-unsaturated/α-hetero) is 1. The molecule has 1 aliphatic carbocycles. The molecular weight excluding hydrogens is 264 g/mol. The summed E-state index contributed by atoms with van der Waals surface area (Å²) in [6.07, 6.45) is 0.519. The predicted molar refractivity (Wildman–Crippen MR) is 58.3 cm³/mol. The Morgan fingerprint density at radius 3 is 2.56 bits per heavy atom. The van der Waals surface area contributed by atoms with Crippen LogP contribution < -0.4 is 11.1 Å². The number of hydrogen-bond donors (Lipinski definition) is 2. The quantitative estimate of drug-likeness (QED) is 0.603. The van der Waals surface area contributed by atoms with Crippen LogP contribution in [0.1, 0.15) is 26.2 Å². The Morgan fingerprint density at radius 2 is 2.06 bits per heavy atom. The van der Waals surface area contributed by atoms with Crippen molar-refractivity contribution < 1.29 is 26.4 Å². The summed E-state index contributed by atoms with van der Waals surface area (Å²) in [7, 11) is -4.33. The van der Waals surface area contributed by atoms with E-state index in [4.69, 9.17) is 5.73 Å². The zero-order chi connectivity index (χ0) is 13.6. The van der Waals surface area contributed by atoms with Gasteiger partial charge in [-0.3, -0.25) is 15.3 Å². The zero-order valence-electron chi connectivity index (χ0n) is 9.71. The van der Waals surface area contributed by atoms with E-state index in [1.54, 1.807) is 6.92 Å². The SMILES string of the molecule is CCC1OS(=O)(=O)O[C@]1(N)C(=O)C(=O)NC1CC1. The second-order valence-corrected chi connectivity index (χ2v) is 5.53. The molecule has 0 aromatic rings. The second kappa shape index (κ2) is 4.26. The fourth-order valence-corrected chi connectivity index (χ4v) is 2.79. The van der Waals surface area contributed by atoms with E-state index in [0.29, 0.717) is 0 Å². The summed E-state index contributed by atoms with van der Waals surface area (Å²) in [5.41, 5.74) is 3.32. The molecule has 1 saturated heterocycles. The lowest BCUT2D eigenvalue weighted by atomic mass is 10.00. The van der Waals surface area contributed by atoms with Gasteiger partial charge in [-0.05, 0) is 19.3 Å². The maximum Gasteiger partial charge on any atom is 0.402 e. The minimum atomic E-state index is -4.33.